The van der Waals surface area contributed by atoms with Gasteiger partial charge in [0.25, 0.3) is 10.0 Å². The molecule has 0 bridgehead atoms. The fourth-order valence-corrected chi connectivity index (χ4v) is 7.67. The van der Waals surface area contributed by atoms with Gasteiger partial charge in [-0.25, -0.2) is 8.42 Å². The first-order chi connectivity index (χ1) is 20.9. The van der Waals surface area contributed by atoms with Crippen molar-refractivity contribution in [1.82, 2.24) is 10.2 Å². The highest BCUT2D eigenvalue weighted by molar-refractivity contribution is 7.92. The molecule has 1 unspecified atom stereocenters. The zero-order valence-electron chi connectivity index (χ0n) is 25.2. The van der Waals surface area contributed by atoms with Crippen molar-refractivity contribution in [1.29, 1.82) is 0 Å². The van der Waals surface area contributed by atoms with Crippen molar-refractivity contribution in [2.24, 2.45) is 0 Å². The zero-order valence-corrected chi connectivity index (χ0v) is 28.2. The lowest BCUT2D eigenvalue weighted by atomic mass is 9.95. The van der Waals surface area contributed by atoms with Crippen molar-refractivity contribution < 1.29 is 18.0 Å². The number of benzene rings is 3. The van der Waals surface area contributed by atoms with Gasteiger partial charge in [-0.3, -0.25) is 13.9 Å². The Bertz CT molecular complexity index is 1570. The fourth-order valence-electron chi connectivity index (χ4n) is 5.52. The van der Waals surface area contributed by atoms with Crippen molar-refractivity contribution in [3.63, 3.8) is 0 Å². The van der Waals surface area contributed by atoms with Crippen molar-refractivity contribution in [3.05, 3.63) is 92.4 Å². The smallest absolute Gasteiger partial charge is 0.264 e. The van der Waals surface area contributed by atoms with Gasteiger partial charge in [0, 0.05) is 33.2 Å². The molecular weight excluding hydrogens is 641 g/mol. The number of carbonyl (C=O) groups excluding carboxylic acids is 2. The summed E-state index contributed by atoms with van der Waals surface area (Å²) in [4.78, 5) is 29.6. The molecule has 0 saturated heterocycles. The molecule has 1 aliphatic rings. The van der Waals surface area contributed by atoms with Crippen LogP contribution in [-0.4, -0.2) is 43.8 Å². The summed E-state index contributed by atoms with van der Waals surface area (Å²) < 4.78 is 29.4. The van der Waals surface area contributed by atoms with Crippen LogP contribution in [0, 0.1) is 13.8 Å². The molecule has 1 N–H and O–H groups in total. The van der Waals surface area contributed by atoms with E-state index in [0.29, 0.717) is 32.6 Å². The SMILES string of the molecule is CCC(C(=O)NC1CCCCC1)N(Cc1c(Cl)cccc1Cl)C(=O)CN(c1cc(Cl)ccc1C)S(=O)(=O)c1ccc(C)cc1. The molecule has 1 fully saturated rings. The number of nitrogens with one attached hydrogen (secondary N) is 1. The fraction of sp³-hybridized carbons (Fsp3) is 0.394. The van der Waals surface area contributed by atoms with Gasteiger partial charge in [-0.2, -0.15) is 0 Å². The molecule has 2 amide bonds. The van der Waals surface area contributed by atoms with Gasteiger partial charge in [-0.15, -0.1) is 0 Å². The highest BCUT2D eigenvalue weighted by Crippen LogP contribution is 2.32. The van der Waals surface area contributed by atoms with E-state index in [1.54, 1.807) is 49.4 Å². The van der Waals surface area contributed by atoms with Crippen molar-refractivity contribution in [2.45, 2.75) is 82.8 Å². The van der Waals surface area contributed by atoms with Crippen LogP contribution in [0.4, 0.5) is 5.69 Å². The summed E-state index contributed by atoms with van der Waals surface area (Å²) in [6, 6.07) is 15.5. The number of carbonyl (C=O) groups is 2. The number of sulfonamides is 1. The Balaban J connectivity index is 1.77. The van der Waals surface area contributed by atoms with E-state index in [0.717, 1.165) is 42.0 Å². The van der Waals surface area contributed by atoms with Gasteiger partial charge in [-0.05, 0) is 75.1 Å². The van der Waals surface area contributed by atoms with Crippen LogP contribution in [0.3, 0.4) is 0 Å². The minimum Gasteiger partial charge on any atom is -0.352 e. The predicted octanol–water partition coefficient (Wildman–Crippen LogP) is 7.72. The van der Waals surface area contributed by atoms with E-state index in [1.807, 2.05) is 13.8 Å². The molecule has 3 aromatic rings. The second-order valence-electron chi connectivity index (χ2n) is 11.2. The first kappa shape index (κ1) is 34.1. The first-order valence-corrected chi connectivity index (χ1v) is 17.4. The molecule has 1 atom stereocenters. The van der Waals surface area contributed by atoms with Crippen LogP contribution in [0.15, 0.2) is 65.6 Å². The minimum atomic E-state index is -4.23. The van der Waals surface area contributed by atoms with Crippen molar-refractivity contribution in [3.8, 4) is 0 Å². The molecule has 0 spiro atoms. The van der Waals surface area contributed by atoms with E-state index in [4.69, 9.17) is 34.8 Å². The third-order valence-electron chi connectivity index (χ3n) is 8.06. The number of amides is 2. The van der Waals surface area contributed by atoms with Gasteiger partial charge >= 0.3 is 0 Å². The summed E-state index contributed by atoms with van der Waals surface area (Å²) >= 11 is 19.4. The van der Waals surface area contributed by atoms with Crippen LogP contribution >= 0.6 is 34.8 Å². The Morgan fingerprint density at radius 1 is 0.932 bits per heavy atom. The summed E-state index contributed by atoms with van der Waals surface area (Å²) in [6.07, 6.45) is 5.25. The molecule has 3 aromatic carbocycles. The maximum Gasteiger partial charge on any atom is 0.264 e. The lowest BCUT2D eigenvalue weighted by Gasteiger charge is -2.35. The highest BCUT2D eigenvalue weighted by atomic mass is 35.5. The van der Waals surface area contributed by atoms with Gasteiger partial charge in [0.05, 0.1) is 10.6 Å². The summed E-state index contributed by atoms with van der Waals surface area (Å²) in [5, 5.41) is 4.14. The molecule has 44 heavy (non-hydrogen) atoms. The lowest BCUT2D eigenvalue weighted by Crippen LogP contribution is -2.54. The average molecular weight is 679 g/mol. The van der Waals surface area contributed by atoms with Gasteiger partial charge in [-0.1, -0.05) is 90.8 Å². The molecule has 0 radical (unpaired) electrons. The number of hydrogen-bond acceptors (Lipinski definition) is 4. The number of halogens is 3. The standard InChI is InChI=1S/C33H38Cl3N3O4S/c1-4-30(33(41)37-25-9-6-5-7-10-25)38(20-27-28(35)11-8-12-29(27)36)32(40)21-39(31-19-24(34)16-15-23(31)3)44(42,43)26-17-13-22(2)14-18-26/h8,11-19,25,30H,4-7,9-10,20-21H2,1-3H3,(H,37,41). The third-order valence-corrected chi connectivity index (χ3v) is 10.8. The Labute approximate surface area is 275 Å². The van der Waals surface area contributed by atoms with Crippen LogP contribution in [0.25, 0.3) is 0 Å². The molecule has 1 saturated carbocycles. The Hall–Kier alpha value is -2.78. The molecule has 11 heteroatoms. The maximum absolute atomic E-state index is 14.4. The Morgan fingerprint density at radius 2 is 1.57 bits per heavy atom. The number of anilines is 1. The van der Waals surface area contributed by atoms with Crippen LogP contribution in [0.5, 0.6) is 0 Å². The number of rotatable bonds is 11. The monoisotopic (exact) mass is 677 g/mol. The summed E-state index contributed by atoms with van der Waals surface area (Å²) in [6.45, 7) is 4.77. The molecule has 1 aliphatic carbocycles. The summed E-state index contributed by atoms with van der Waals surface area (Å²) in [7, 11) is -4.23. The van der Waals surface area contributed by atoms with Gasteiger partial charge in [0.2, 0.25) is 11.8 Å². The highest BCUT2D eigenvalue weighted by Gasteiger charge is 2.35. The molecule has 0 heterocycles. The second kappa shape index (κ2) is 15.0. The number of aryl methyl sites for hydroxylation is 2. The van der Waals surface area contributed by atoms with Crippen molar-refractivity contribution in [2.75, 3.05) is 10.8 Å². The third kappa shape index (κ3) is 8.08. The van der Waals surface area contributed by atoms with E-state index in [2.05, 4.69) is 5.32 Å². The van der Waals surface area contributed by atoms with E-state index in [1.165, 1.54) is 23.1 Å². The first-order valence-electron chi connectivity index (χ1n) is 14.8. The Morgan fingerprint density at radius 3 is 2.18 bits per heavy atom. The zero-order chi connectivity index (χ0) is 32.0. The van der Waals surface area contributed by atoms with Crippen LogP contribution in [0.1, 0.15) is 62.1 Å². The second-order valence-corrected chi connectivity index (χ2v) is 14.4. The van der Waals surface area contributed by atoms with Crippen LogP contribution < -0.4 is 9.62 Å². The predicted molar refractivity (Wildman–Crippen MR) is 178 cm³/mol. The summed E-state index contributed by atoms with van der Waals surface area (Å²) in [5.74, 6) is -0.871. The largest absolute Gasteiger partial charge is 0.352 e. The van der Waals surface area contributed by atoms with E-state index < -0.39 is 28.5 Å². The average Bonchev–Trinajstić information content (AvgIpc) is 2.99. The topological polar surface area (TPSA) is 86.8 Å². The van der Waals surface area contributed by atoms with Gasteiger partial charge < -0.3 is 10.2 Å². The van der Waals surface area contributed by atoms with Crippen LogP contribution in [0.2, 0.25) is 15.1 Å². The van der Waals surface area contributed by atoms with Crippen molar-refractivity contribution >= 4 is 62.3 Å². The van der Waals surface area contributed by atoms with Crippen LogP contribution in [-0.2, 0) is 26.2 Å². The van der Waals surface area contributed by atoms with Gasteiger partial charge in [0.1, 0.15) is 12.6 Å². The molecular formula is C33H38Cl3N3O4S. The minimum absolute atomic E-state index is 0.0260. The molecule has 7 nitrogen and oxygen atoms in total. The lowest BCUT2D eigenvalue weighted by molar-refractivity contribution is -0.140. The van der Waals surface area contributed by atoms with E-state index in [-0.39, 0.29) is 29.1 Å². The Kier molecular flexibility index (Phi) is 11.6. The van der Waals surface area contributed by atoms with Gasteiger partial charge in [0.15, 0.2) is 0 Å². The molecule has 236 valence electrons. The normalized spacial score (nSPS) is 14.6. The van der Waals surface area contributed by atoms with E-state index >= 15 is 0 Å². The molecule has 4 rings (SSSR count). The number of hydrogen-bond donors (Lipinski definition) is 1. The quantitative estimate of drug-likeness (QED) is 0.225. The van der Waals surface area contributed by atoms with E-state index in [9.17, 15) is 18.0 Å². The number of nitrogens with zero attached hydrogens (tertiary/aromatic N) is 2. The maximum atomic E-state index is 14.4. The molecule has 0 aromatic heterocycles. The molecule has 0 aliphatic heterocycles. The summed E-state index contributed by atoms with van der Waals surface area (Å²) in [5.41, 5.74) is 2.24.